The first kappa shape index (κ1) is 16.7. The minimum absolute atomic E-state index is 0.216. The van der Waals surface area contributed by atoms with E-state index >= 15 is 0 Å². The van der Waals surface area contributed by atoms with Crippen molar-refractivity contribution in [2.45, 2.75) is 32.8 Å². The molecule has 1 saturated heterocycles. The fraction of sp³-hybridized carbons (Fsp3) is 0.333. The molecule has 1 aliphatic rings. The lowest BCUT2D eigenvalue weighted by Crippen LogP contribution is -2.27. The summed E-state index contributed by atoms with van der Waals surface area (Å²) in [5.41, 5.74) is 8.82. The minimum Gasteiger partial charge on any atom is -0.368 e. The summed E-state index contributed by atoms with van der Waals surface area (Å²) < 4.78 is 5.40. The number of benzene rings is 1. The number of primary amides is 1. The number of hydrogen-bond acceptors (Lipinski definition) is 4. The third-order valence-corrected chi connectivity index (χ3v) is 5.15. The van der Waals surface area contributed by atoms with Crippen LogP contribution in [0.4, 0.5) is 5.00 Å². The smallest absolute Gasteiger partial charge is 0.254 e. The van der Waals surface area contributed by atoms with Crippen LogP contribution >= 0.6 is 11.3 Å². The predicted molar refractivity (Wildman–Crippen MR) is 95.4 cm³/mol. The Morgan fingerprint density at radius 1 is 1.25 bits per heavy atom. The highest BCUT2D eigenvalue weighted by molar-refractivity contribution is 7.17. The third-order valence-electron chi connectivity index (χ3n) is 4.13. The number of thiophene rings is 1. The fourth-order valence-corrected chi connectivity index (χ4v) is 4.00. The predicted octanol–water partition coefficient (Wildman–Crippen LogP) is 3.25. The second kappa shape index (κ2) is 6.75. The zero-order chi connectivity index (χ0) is 17.3. The van der Waals surface area contributed by atoms with Crippen molar-refractivity contribution in [1.82, 2.24) is 0 Å². The quantitative estimate of drug-likeness (QED) is 0.893. The lowest BCUT2D eigenvalue weighted by Gasteiger charge is -2.10. The van der Waals surface area contributed by atoms with Crippen LogP contribution in [0.25, 0.3) is 11.1 Å². The van der Waals surface area contributed by atoms with Gasteiger partial charge >= 0.3 is 0 Å². The van der Waals surface area contributed by atoms with Gasteiger partial charge in [0.2, 0.25) is 0 Å². The summed E-state index contributed by atoms with van der Waals surface area (Å²) >= 11 is 1.37. The Hall–Kier alpha value is -2.18. The van der Waals surface area contributed by atoms with Crippen LogP contribution in [-0.2, 0) is 9.53 Å². The van der Waals surface area contributed by atoms with Gasteiger partial charge in [0.05, 0.1) is 5.56 Å². The van der Waals surface area contributed by atoms with E-state index in [9.17, 15) is 9.59 Å². The lowest BCUT2D eigenvalue weighted by molar-refractivity contribution is -0.124. The van der Waals surface area contributed by atoms with Crippen molar-refractivity contribution in [1.29, 1.82) is 0 Å². The second-order valence-corrected chi connectivity index (χ2v) is 7.18. The molecule has 0 spiro atoms. The first-order valence-corrected chi connectivity index (χ1v) is 8.71. The number of carbonyl (C=O) groups is 2. The molecule has 1 aromatic carbocycles. The number of anilines is 1. The van der Waals surface area contributed by atoms with Gasteiger partial charge in [0.25, 0.3) is 11.8 Å². The molecule has 1 unspecified atom stereocenters. The molecule has 24 heavy (non-hydrogen) atoms. The van der Waals surface area contributed by atoms with E-state index in [1.165, 1.54) is 11.3 Å². The van der Waals surface area contributed by atoms with Crippen molar-refractivity contribution < 1.29 is 14.3 Å². The molecular weight excluding hydrogens is 324 g/mol. The molecule has 0 bridgehead atoms. The van der Waals surface area contributed by atoms with Gasteiger partial charge in [0.1, 0.15) is 11.1 Å². The molecular formula is C18H20N2O3S. The molecule has 0 saturated carbocycles. The van der Waals surface area contributed by atoms with Crippen LogP contribution in [0.15, 0.2) is 24.3 Å². The monoisotopic (exact) mass is 344 g/mol. The van der Waals surface area contributed by atoms with Gasteiger partial charge in [-0.05, 0) is 32.3 Å². The second-order valence-electron chi connectivity index (χ2n) is 5.96. The third kappa shape index (κ3) is 3.20. The van der Waals surface area contributed by atoms with Gasteiger partial charge in [-0.2, -0.15) is 0 Å². The number of hydrogen-bond donors (Lipinski definition) is 2. The summed E-state index contributed by atoms with van der Waals surface area (Å²) in [5.74, 6) is -0.760. The van der Waals surface area contributed by atoms with Crippen LogP contribution in [0.5, 0.6) is 0 Å². The van der Waals surface area contributed by atoms with Gasteiger partial charge in [-0.1, -0.05) is 29.8 Å². The van der Waals surface area contributed by atoms with Crippen molar-refractivity contribution in [2.24, 2.45) is 5.73 Å². The van der Waals surface area contributed by atoms with Crippen molar-refractivity contribution in [3.8, 4) is 11.1 Å². The zero-order valence-electron chi connectivity index (χ0n) is 13.7. The molecule has 0 radical (unpaired) electrons. The van der Waals surface area contributed by atoms with Crippen molar-refractivity contribution in [3.05, 3.63) is 40.3 Å². The van der Waals surface area contributed by atoms with Gasteiger partial charge in [-0.15, -0.1) is 11.3 Å². The van der Waals surface area contributed by atoms with Crippen LogP contribution in [-0.4, -0.2) is 24.5 Å². The van der Waals surface area contributed by atoms with Crippen molar-refractivity contribution in [3.63, 3.8) is 0 Å². The summed E-state index contributed by atoms with van der Waals surface area (Å²) in [6, 6.07) is 7.90. The van der Waals surface area contributed by atoms with Crippen LogP contribution in [0.2, 0.25) is 0 Å². The van der Waals surface area contributed by atoms with E-state index in [1.54, 1.807) is 0 Å². The van der Waals surface area contributed by atoms with Gasteiger partial charge < -0.3 is 15.8 Å². The largest absolute Gasteiger partial charge is 0.368 e. The Morgan fingerprint density at radius 3 is 2.54 bits per heavy atom. The summed E-state index contributed by atoms with van der Waals surface area (Å²) in [4.78, 5) is 25.3. The van der Waals surface area contributed by atoms with Crippen LogP contribution in [0, 0.1) is 13.8 Å². The molecule has 1 aliphatic heterocycles. The molecule has 126 valence electrons. The van der Waals surface area contributed by atoms with Gasteiger partial charge in [-0.25, -0.2) is 0 Å². The maximum Gasteiger partial charge on any atom is 0.254 e. The average molecular weight is 344 g/mol. The van der Waals surface area contributed by atoms with Gasteiger partial charge in [0, 0.05) is 17.0 Å². The average Bonchev–Trinajstić information content (AvgIpc) is 3.16. The highest BCUT2D eigenvalue weighted by Crippen LogP contribution is 2.40. The van der Waals surface area contributed by atoms with Gasteiger partial charge in [0.15, 0.2) is 0 Å². The zero-order valence-corrected chi connectivity index (χ0v) is 14.5. The van der Waals surface area contributed by atoms with E-state index in [2.05, 4.69) is 5.32 Å². The Balaban J connectivity index is 1.98. The van der Waals surface area contributed by atoms with Crippen molar-refractivity contribution >= 4 is 28.2 Å². The molecule has 2 heterocycles. The number of nitrogens with two attached hydrogens (primary N) is 1. The van der Waals surface area contributed by atoms with E-state index in [-0.39, 0.29) is 5.91 Å². The normalized spacial score (nSPS) is 17.0. The SMILES string of the molecule is Cc1ccc(-c2c(C)sc(NC(=O)C3CCCO3)c2C(N)=O)cc1. The molecule has 3 N–H and O–H groups in total. The molecule has 5 nitrogen and oxygen atoms in total. The molecule has 1 atom stereocenters. The first-order chi connectivity index (χ1) is 11.5. The first-order valence-electron chi connectivity index (χ1n) is 7.90. The molecule has 3 rings (SSSR count). The van der Waals surface area contributed by atoms with E-state index in [0.717, 1.165) is 28.0 Å². The number of carbonyl (C=O) groups excluding carboxylic acids is 2. The molecule has 6 heteroatoms. The summed E-state index contributed by atoms with van der Waals surface area (Å²) in [7, 11) is 0. The Kier molecular flexibility index (Phi) is 4.69. The number of amides is 2. The minimum atomic E-state index is -0.544. The number of rotatable bonds is 4. The maximum atomic E-state index is 12.3. The molecule has 0 aliphatic carbocycles. The maximum absolute atomic E-state index is 12.3. The topological polar surface area (TPSA) is 81.4 Å². The van der Waals surface area contributed by atoms with Gasteiger partial charge in [-0.3, -0.25) is 9.59 Å². The molecule has 2 aromatic rings. The molecule has 1 aromatic heterocycles. The highest BCUT2D eigenvalue weighted by atomic mass is 32.1. The highest BCUT2D eigenvalue weighted by Gasteiger charge is 2.27. The number of ether oxygens (including phenoxy) is 1. The molecule has 1 fully saturated rings. The van der Waals surface area contributed by atoms with E-state index < -0.39 is 12.0 Å². The van der Waals surface area contributed by atoms with Crippen LogP contribution in [0.1, 0.15) is 33.6 Å². The van der Waals surface area contributed by atoms with Crippen molar-refractivity contribution in [2.75, 3.05) is 11.9 Å². The standard InChI is InChI=1S/C18H20N2O3S/c1-10-5-7-12(8-6-10)14-11(2)24-18(15(14)16(19)21)20-17(22)13-4-3-9-23-13/h5-8,13H,3-4,9H2,1-2H3,(H2,19,21)(H,20,22). The number of aryl methyl sites for hydroxylation is 2. The summed E-state index contributed by atoms with van der Waals surface area (Å²) in [6.45, 7) is 4.53. The van der Waals surface area contributed by atoms with E-state index in [0.29, 0.717) is 23.6 Å². The number of nitrogens with one attached hydrogen (secondary N) is 1. The Bertz CT molecular complexity index is 774. The Morgan fingerprint density at radius 2 is 1.96 bits per heavy atom. The summed E-state index contributed by atoms with van der Waals surface area (Å²) in [6.07, 6.45) is 1.13. The summed E-state index contributed by atoms with van der Waals surface area (Å²) in [5, 5.41) is 3.33. The Labute approximate surface area is 144 Å². The lowest BCUT2D eigenvalue weighted by atomic mass is 10.00. The fourth-order valence-electron chi connectivity index (χ4n) is 2.91. The van der Waals surface area contributed by atoms with Crippen LogP contribution in [0.3, 0.4) is 0 Å². The van der Waals surface area contributed by atoms with E-state index in [4.69, 9.17) is 10.5 Å². The van der Waals surface area contributed by atoms with E-state index in [1.807, 2.05) is 38.1 Å². The van der Waals surface area contributed by atoms with Crippen LogP contribution < -0.4 is 11.1 Å². The molecule has 2 amide bonds.